The lowest BCUT2D eigenvalue weighted by molar-refractivity contribution is -0.137. The first kappa shape index (κ1) is 17.0. The summed E-state index contributed by atoms with van der Waals surface area (Å²) in [4.78, 5) is 27.3. The standard InChI is InChI=1S/C14H16F3N3O3/c1-13(2,3)23-12(22)20-10-5-8-9(19-11(10)21)4-7(6-18-8)14(15,16)17/h4,6,10H,5H2,1-3H3,(H,19,21)(H,20,22)/t10-/m1/s1. The van der Waals surface area contributed by atoms with E-state index >= 15 is 0 Å². The molecule has 9 heteroatoms. The second-order valence-corrected chi connectivity index (χ2v) is 6.11. The lowest BCUT2D eigenvalue weighted by Crippen LogP contribution is -2.49. The van der Waals surface area contributed by atoms with E-state index in [-0.39, 0.29) is 17.8 Å². The Balaban J connectivity index is 2.12. The maximum atomic E-state index is 12.6. The third kappa shape index (κ3) is 4.33. The molecule has 23 heavy (non-hydrogen) atoms. The number of carbonyl (C=O) groups excluding carboxylic acids is 2. The summed E-state index contributed by atoms with van der Waals surface area (Å²) in [7, 11) is 0. The molecule has 6 nitrogen and oxygen atoms in total. The normalized spacial score (nSPS) is 18.0. The molecule has 2 heterocycles. The molecule has 1 atom stereocenters. The summed E-state index contributed by atoms with van der Waals surface area (Å²) in [6.07, 6.45) is -4.65. The van der Waals surface area contributed by atoms with Gasteiger partial charge in [0.05, 0.1) is 16.9 Å². The van der Waals surface area contributed by atoms with Crippen molar-refractivity contribution in [3.05, 3.63) is 23.5 Å². The SMILES string of the molecule is CC(C)(C)OC(=O)N[C@@H]1Cc2ncc(C(F)(F)F)cc2NC1=O. The van der Waals surface area contributed by atoms with Crippen LogP contribution < -0.4 is 10.6 Å². The number of ether oxygens (including phenoxy) is 1. The van der Waals surface area contributed by atoms with Crippen molar-refractivity contribution in [3.63, 3.8) is 0 Å². The second kappa shape index (κ2) is 5.71. The zero-order valence-electron chi connectivity index (χ0n) is 12.7. The molecule has 1 aromatic rings. The molecule has 0 aliphatic carbocycles. The fourth-order valence-corrected chi connectivity index (χ4v) is 1.99. The van der Waals surface area contributed by atoms with E-state index in [4.69, 9.17) is 4.74 Å². The number of hydrogen-bond acceptors (Lipinski definition) is 4. The number of carbonyl (C=O) groups is 2. The average Bonchev–Trinajstić information content (AvgIpc) is 2.35. The highest BCUT2D eigenvalue weighted by Crippen LogP contribution is 2.32. The van der Waals surface area contributed by atoms with Gasteiger partial charge in [-0.15, -0.1) is 0 Å². The van der Waals surface area contributed by atoms with Crippen LogP contribution in [0, 0.1) is 0 Å². The van der Waals surface area contributed by atoms with E-state index in [2.05, 4.69) is 15.6 Å². The van der Waals surface area contributed by atoms with Crippen molar-refractivity contribution in [2.45, 2.75) is 45.0 Å². The number of pyridine rings is 1. The topological polar surface area (TPSA) is 80.3 Å². The number of anilines is 1. The van der Waals surface area contributed by atoms with E-state index in [1.54, 1.807) is 20.8 Å². The van der Waals surface area contributed by atoms with Gasteiger partial charge in [0.2, 0.25) is 5.91 Å². The number of nitrogens with one attached hydrogen (secondary N) is 2. The predicted molar refractivity (Wildman–Crippen MR) is 74.7 cm³/mol. The molecule has 2 rings (SSSR count). The zero-order valence-corrected chi connectivity index (χ0v) is 12.7. The molecule has 0 bridgehead atoms. The molecule has 1 aliphatic heterocycles. The minimum absolute atomic E-state index is 0.00735. The number of fused-ring (bicyclic) bond motifs is 1. The van der Waals surface area contributed by atoms with Crippen LogP contribution in [-0.2, 0) is 22.1 Å². The molecule has 0 saturated carbocycles. The molecule has 0 saturated heterocycles. The third-order valence-corrected chi connectivity index (χ3v) is 2.96. The smallest absolute Gasteiger partial charge is 0.417 e. The van der Waals surface area contributed by atoms with Crippen LogP contribution in [-0.4, -0.2) is 28.6 Å². The Hall–Kier alpha value is -2.32. The van der Waals surface area contributed by atoms with Gasteiger partial charge in [-0.3, -0.25) is 9.78 Å². The van der Waals surface area contributed by atoms with Crippen LogP contribution in [0.1, 0.15) is 32.0 Å². The summed E-state index contributed by atoms with van der Waals surface area (Å²) in [5, 5.41) is 4.69. The summed E-state index contributed by atoms with van der Waals surface area (Å²) in [5.41, 5.74) is -1.42. The van der Waals surface area contributed by atoms with E-state index in [9.17, 15) is 22.8 Å². The average molecular weight is 331 g/mol. The molecule has 1 aromatic heterocycles. The van der Waals surface area contributed by atoms with Gasteiger partial charge in [0.25, 0.3) is 0 Å². The van der Waals surface area contributed by atoms with Crippen LogP contribution in [0.25, 0.3) is 0 Å². The minimum atomic E-state index is -4.54. The molecule has 0 fully saturated rings. The molecule has 2 N–H and O–H groups in total. The molecule has 0 unspecified atom stereocenters. The number of rotatable bonds is 1. The van der Waals surface area contributed by atoms with Gasteiger partial charge < -0.3 is 15.4 Å². The Labute approximate surface area is 130 Å². The Morgan fingerprint density at radius 3 is 2.61 bits per heavy atom. The number of alkyl carbamates (subject to hydrolysis) is 1. The molecule has 0 aromatic carbocycles. The lowest BCUT2D eigenvalue weighted by Gasteiger charge is -2.27. The number of aromatic nitrogens is 1. The Morgan fingerprint density at radius 2 is 2.04 bits per heavy atom. The summed E-state index contributed by atoms with van der Waals surface area (Å²) in [5.74, 6) is -0.621. The van der Waals surface area contributed by atoms with E-state index in [0.29, 0.717) is 6.20 Å². The maximum Gasteiger partial charge on any atom is 0.417 e. The Bertz CT molecular complexity index is 638. The third-order valence-electron chi connectivity index (χ3n) is 2.96. The molecular weight excluding hydrogens is 315 g/mol. The van der Waals surface area contributed by atoms with Gasteiger partial charge in [0, 0.05) is 12.6 Å². The van der Waals surface area contributed by atoms with Crippen molar-refractivity contribution in [2.24, 2.45) is 0 Å². The largest absolute Gasteiger partial charge is 0.444 e. The van der Waals surface area contributed by atoms with E-state index in [1.165, 1.54) is 0 Å². The fourth-order valence-electron chi connectivity index (χ4n) is 1.99. The van der Waals surface area contributed by atoms with Crippen LogP contribution >= 0.6 is 0 Å². The van der Waals surface area contributed by atoms with Crippen LogP contribution in [0.5, 0.6) is 0 Å². The van der Waals surface area contributed by atoms with Gasteiger partial charge >= 0.3 is 12.3 Å². The summed E-state index contributed by atoms with van der Waals surface area (Å²) >= 11 is 0. The van der Waals surface area contributed by atoms with Gasteiger partial charge in [-0.2, -0.15) is 13.2 Å². The van der Waals surface area contributed by atoms with Crippen molar-refractivity contribution in [1.29, 1.82) is 0 Å². The van der Waals surface area contributed by atoms with Crippen molar-refractivity contribution >= 4 is 17.7 Å². The number of alkyl halides is 3. The Kier molecular flexibility index (Phi) is 4.23. The molecule has 0 radical (unpaired) electrons. The quantitative estimate of drug-likeness (QED) is 0.828. The highest BCUT2D eigenvalue weighted by Gasteiger charge is 2.35. The highest BCUT2D eigenvalue weighted by atomic mass is 19.4. The van der Waals surface area contributed by atoms with Crippen molar-refractivity contribution in [1.82, 2.24) is 10.3 Å². The first-order valence-corrected chi connectivity index (χ1v) is 6.82. The maximum absolute atomic E-state index is 12.6. The number of hydrogen-bond donors (Lipinski definition) is 2. The number of amides is 2. The summed E-state index contributed by atoms with van der Waals surface area (Å²) < 4.78 is 42.9. The van der Waals surface area contributed by atoms with Gasteiger partial charge in [0.15, 0.2) is 0 Å². The second-order valence-electron chi connectivity index (χ2n) is 6.11. The zero-order chi connectivity index (χ0) is 17.4. The van der Waals surface area contributed by atoms with E-state index in [1.807, 2.05) is 0 Å². The van der Waals surface area contributed by atoms with Gasteiger partial charge in [0.1, 0.15) is 11.6 Å². The lowest BCUT2D eigenvalue weighted by atomic mass is 10.0. The predicted octanol–water partition coefficient (Wildman–Crippen LogP) is 2.49. The summed E-state index contributed by atoms with van der Waals surface area (Å²) in [6, 6.07) is -0.134. The van der Waals surface area contributed by atoms with Gasteiger partial charge in [-0.05, 0) is 26.8 Å². The van der Waals surface area contributed by atoms with Crippen LogP contribution in [0.4, 0.5) is 23.7 Å². The number of halogens is 3. The molecule has 0 spiro atoms. The van der Waals surface area contributed by atoms with Gasteiger partial charge in [-0.1, -0.05) is 0 Å². The highest BCUT2D eigenvalue weighted by molar-refractivity contribution is 5.99. The van der Waals surface area contributed by atoms with Crippen LogP contribution in [0.3, 0.4) is 0 Å². The monoisotopic (exact) mass is 331 g/mol. The van der Waals surface area contributed by atoms with Crippen molar-refractivity contribution in [3.8, 4) is 0 Å². The fraction of sp³-hybridized carbons (Fsp3) is 0.500. The van der Waals surface area contributed by atoms with Gasteiger partial charge in [-0.25, -0.2) is 4.79 Å². The van der Waals surface area contributed by atoms with E-state index in [0.717, 1.165) is 6.07 Å². The minimum Gasteiger partial charge on any atom is -0.444 e. The van der Waals surface area contributed by atoms with Crippen LogP contribution in [0.15, 0.2) is 12.3 Å². The Morgan fingerprint density at radius 1 is 1.39 bits per heavy atom. The van der Waals surface area contributed by atoms with Crippen molar-refractivity contribution in [2.75, 3.05) is 5.32 Å². The first-order valence-electron chi connectivity index (χ1n) is 6.82. The number of nitrogens with zero attached hydrogens (tertiary/aromatic N) is 1. The first-order chi connectivity index (χ1) is 10.5. The molecular formula is C14H16F3N3O3. The summed E-state index contributed by atoms with van der Waals surface area (Å²) in [6.45, 7) is 5.01. The van der Waals surface area contributed by atoms with Crippen LogP contribution in [0.2, 0.25) is 0 Å². The molecule has 126 valence electrons. The molecule has 1 aliphatic rings. The molecule has 2 amide bonds. The van der Waals surface area contributed by atoms with Crippen molar-refractivity contribution < 1.29 is 27.5 Å². The van der Waals surface area contributed by atoms with E-state index < -0.39 is 35.4 Å².